The summed E-state index contributed by atoms with van der Waals surface area (Å²) < 4.78 is 32.5. The van der Waals surface area contributed by atoms with Crippen molar-refractivity contribution in [2.75, 3.05) is 0 Å². The van der Waals surface area contributed by atoms with Crippen LogP contribution in [0.4, 0.5) is 0 Å². The number of benzene rings is 2. The van der Waals surface area contributed by atoms with Gasteiger partial charge in [-0.1, -0.05) is 37.6 Å². The van der Waals surface area contributed by atoms with E-state index in [0.29, 0.717) is 16.5 Å². The van der Waals surface area contributed by atoms with Gasteiger partial charge in [0.1, 0.15) is 11.5 Å². The zero-order chi connectivity index (χ0) is 19.3. The third-order valence-corrected chi connectivity index (χ3v) is 5.29. The van der Waals surface area contributed by atoms with Crippen molar-refractivity contribution in [1.82, 2.24) is 4.72 Å². The number of carbonyl (C=O) groups is 1. The van der Waals surface area contributed by atoms with Crippen LogP contribution in [-0.4, -0.2) is 20.4 Å². The first-order chi connectivity index (χ1) is 12.2. The fourth-order valence-corrected chi connectivity index (χ4v) is 3.63. The van der Waals surface area contributed by atoms with Crippen LogP contribution in [0.3, 0.4) is 0 Å². The van der Waals surface area contributed by atoms with Gasteiger partial charge in [0.2, 0.25) is 10.0 Å². The number of sulfonamides is 1. The summed E-state index contributed by atoms with van der Waals surface area (Å²) in [5.41, 5.74) is 0. The van der Waals surface area contributed by atoms with E-state index in [0.717, 1.165) is 0 Å². The lowest BCUT2D eigenvalue weighted by atomic mass is 10.1. The second-order valence-electron chi connectivity index (χ2n) is 6.13. The Hall–Kier alpha value is -2.09. The Bertz CT molecular complexity index is 865. The monoisotopic (exact) mass is 396 g/mol. The van der Waals surface area contributed by atoms with Crippen molar-refractivity contribution < 1.29 is 23.1 Å². The molecule has 0 saturated carbocycles. The first-order valence-corrected chi connectivity index (χ1v) is 9.81. The minimum atomic E-state index is -4.00. The van der Waals surface area contributed by atoms with Gasteiger partial charge in [-0.25, -0.2) is 13.1 Å². The highest BCUT2D eigenvalue weighted by molar-refractivity contribution is 7.89. The predicted molar refractivity (Wildman–Crippen MR) is 96.5 cm³/mol. The van der Waals surface area contributed by atoms with Crippen LogP contribution in [0.15, 0.2) is 53.4 Å². The molecule has 0 unspecified atom stereocenters. The van der Waals surface area contributed by atoms with Crippen molar-refractivity contribution in [1.29, 1.82) is 0 Å². The van der Waals surface area contributed by atoms with E-state index in [2.05, 4.69) is 4.72 Å². The first-order valence-electron chi connectivity index (χ1n) is 7.94. The highest BCUT2D eigenvalue weighted by atomic mass is 35.5. The first kappa shape index (κ1) is 20.2. The van der Waals surface area contributed by atoms with Gasteiger partial charge >= 0.3 is 0 Å². The van der Waals surface area contributed by atoms with Crippen molar-refractivity contribution in [3.8, 4) is 11.5 Å². The van der Waals surface area contributed by atoms with Crippen LogP contribution in [-0.2, 0) is 14.8 Å². The number of carboxylic acids is 1. The molecule has 0 spiro atoms. The number of nitrogens with one attached hydrogen (secondary N) is 1. The third kappa shape index (κ3) is 5.45. The number of carboxylic acid groups (broad SMARTS) is 1. The number of hydrogen-bond acceptors (Lipinski definition) is 5. The molecular weight excluding hydrogens is 378 g/mol. The minimum Gasteiger partial charge on any atom is -0.548 e. The van der Waals surface area contributed by atoms with Gasteiger partial charge in [-0.05, 0) is 48.7 Å². The summed E-state index contributed by atoms with van der Waals surface area (Å²) in [6, 6.07) is 11.2. The highest BCUT2D eigenvalue weighted by Crippen LogP contribution is 2.29. The molecule has 6 nitrogen and oxygen atoms in total. The predicted octanol–water partition coefficient (Wildman–Crippen LogP) is 2.58. The lowest BCUT2D eigenvalue weighted by Gasteiger charge is -2.21. The van der Waals surface area contributed by atoms with E-state index in [1.165, 1.54) is 24.3 Å². The molecule has 0 heterocycles. The SMILES string of the molecule is CC(C)C[C@H](NS(=O)(=O)c1ccc(Oc2ccccc2Cl)cc1)C(=O)[O-]. The molecule has 1 N–H and O–H groups in total. The van der Waals surface area contributed by atoms with Crippen LogP contribution in [0, 0.1) is 5.92 Å². The number of para-hydroxylation sites is 1. The average molecular weight is 397 g/mol. The van der Waals surface area contributed by atoms with Crippen LogP contribution >= 0.6 is 11.6 Å². The number of rotatable bonds is 8. The van der Waals surface area contributed by atoms with Gasteiger partial charge in [0.05, 0.1) is 21.9 Å². The molecule has 26 heavy (non-hydrogen) atoms. The van der Waals surface area contributed by atoms with Crippen LogP contribution in [0.1, 0.15) is 20.3 Å². The summed E-state index contributed by atoms with van der Waals surface area (Å²) in [4.78, 5) is 11.1. The summed E-state index contributed by atoms with van der Waals surface area (Å²) in [5.74, 6) is -0.625. The lowest BCUT2D eigenvalue weighted by molar-refractivity contribution is -0.308. The van der Waals surface area contributed by atoms with Gasteiger partial charge in [-0.15, -0.1) is 0 Å². The van der Waals surface area contributed by atoms with Crippen LogP contribution < -0.4 is 14.6 Å². The third-order valence-electron chi connectivity index (χ3n) is 3.49. The van der Waals surface area contributed by atoms with Crippen molar-refractivity contribution >= 4 is 27.6 Å². The summed E-state index contributed by atoms with van der Waals surface area (Å²) >= 11 is 6.01. The van der Waals surface area contributed by atoms with Crippen LogP contribution in [0.5, 0.6) is 11.5 Å². The largest absolute Gasteiger partial charge is 0.548 e. The molecular formula is C18H19ClNO5S-. The summed E-state index contributed by atoms with van der Waals surface area (Å²) in [6.45, 7) is 3.59. The maximum atomic E-state index is 12.4. The number of halogens is 1. The van der Waals surface area contributed by atoms with Gasteiger partial charge in [-0.2, -0.15) is 0 Å². The number of carbonyl (C=O) groups excluding carboxylic acids is 1. The molecule has 2 aromatic rings. The van der Waals surface area contributed by atoms with E-state index in [1.807, 2.05) is 0 Å². The molecule has 0 radical (unpaired) electrons. The van der Waals surface area contributed by atoms with E-state index in [4.69, 9.17) is 16.3 Å². The van der Waals surface area contributed by atoms with Gasteiger partial charge in [0.15, 0.2) is 0 Å². The van der Waals surface area contributed by atoms with Gasteiger partial charge in [0.25, 0.3) is 0 Å². The quantitative estimate of drug-likeness (QED) is 0.739. The van der Waals surface area contributed by atoms with Crippen molar-refractivity contribution in [2.24, 2.45) is 5.92 Å². The van der Waals surface area contributed by atoms with Crippen molar-refractivity contribution in [2.45, 2.75) is 31.2 Å². The second kappa shape index (κ2) is 8.53. The van der Waals surface area contributed by atoms with Gasteiger partial charge < -0.3 is 14.6 Å². The molecule has 2 aromatic carbocycles. The molecule has 0 saturated heterocycles. The Morgan fingerprint density at radius 2 is 1.77 bits per heavy atom. The molecule has 0 bridgehead atoms. The summed E-state index contributed by atoms with van der Waals surface area (Å²) in [5, 5.41) is 11.6. The van der Waals surface area contributed by atoms with Gasteiger partial charge in [-0.3, -0.25) is 0 Å². The number of ether oxygens (including phenoxy) is 1. The smallest absolute Gasteiger partial charge is 0.241 e. The Labute approximate surface area is 157 Å². The summed E-state index contributed by atoms with van der Waals surface area (Å²) in [6.07, 6.45) is 0.134. The topological polar surface area (TPSA) is 95.5 Å². The Morgan fingerprint density at radius 3 is 2.31 bits per heavy atom. The summed E-state index contributed by atoms with van der Waals surface area (Å²) in [7, 11) is -4.00. The lowest BCUT2D eigenvalue weighted by Crippen LogP contribution is -2.48. The molecule has 2 rings (SSSR count). The van der Waals surface area contributed by atoms with E-state index in [9.17, 15) is 18.3 Å². The Kier molecular flexibility index (Phi) is 6.63. The highest BCUT2D eigenvalue weighted by Gasteiger charge is 2.22. The minimum absolute atomic E-state index is 0.00741. The standard InChI is InChI=1S/C18H20ClNO5S/c1-12(2)11-16(18(21)22)20-26(23,24)14-9-7-13(8-10-14)25-17-6-4-3-5-15(17)19/h3-10,12,16,20H,11H2,1-2H3,(H,21,22)/p-1/t16-/m0/s1. The molecule has 0 aliphatic carbocycles. The second-order valence-corrected chi connectivity index (χ2v) is 8.25. The fourth-order valence-electron chi connectivity index (χ4n) is 2.26. The van der Waals surface area contributed by atoms with E-state index in [-0.39, 0.29) is 17.2 Å². The number of aliphatic carboxylic acids is 1. The molecule has 0 aliphatic rings. The molecule has 0 aliphatic heterocycles. The van der Waals surface area contributed by atoms with Crippen molar-refractivity contribution in [3.05, 3.63) is 53.6 Å². The van der Waals surface area contributed by atoms with E-state index < -0.39 is 22.0 Å². The molecule has 140 valence electrons. The maximum absolute atomic E-state index is 12.4. The fraction of sp³-hybridized carbons (Fsp3) is 0.278. The maximum Gasteiger partial charge on any atom is 0.241 e. The van der Waals surface area contributed by atoms with Crippen LogP contribution in [0.25, 0.3) is 0 Å². The average Bonchev–Trinajstić information content (AvgIpc) is 2.56. The Balaban J connectivity index is 2.15. The van der Waals surface area contributed by atoms with Crippen molar-refractivity contribution in [3.63, 3.8) is 0 Å². The molecule has 0 fully saturated rings. The zero-order valence-electron chi connectivity index (χ0n) is 14.3. The van der Waals surface area contributed by atoms with E-state index in [1.54, 1.807) is 38.1 Å². The zero-order valence-corrected chi connectivity index (χ0v) is 15.9. The molecule has 0 aromatic heterocycles. The van der Waals surface area contributed by atoms with Gasteiger partial charge in [0, 0.05) is 0 Å². The normalized spacial score (nSPS) is 12.8. The van der Waals surface area contributed by atoms with Crippen LogP contribution in [0.2, 0.25) is 5.02 Å². The molecule has 8 heteroatoms. The molecule has 0 amide bonds. The Morgan fingerprint density at radius 1 is 1.15 bits per heavy atom. The number of hydrogen-bond donors (Lipinski definition) is 1. The van der Waals surface area contributed by atoms with E-state index >= 15 is 0 Å². The molecule has 1 atom stereocenters.